The molecule has 3 aromatic rings. The monoisotopic (exact) mass is 401 g/mol. The number of benzene rings is 1. The summed E-state index contributed by atoms with van der Waals surface area (Å²) in [6, 6.07) is 7.22. The summed E-state index contributed by atoms with van der Waals surface area (Å²) in [6.45, 7) is 1.42. The van der Waals surface area contributed by atoms with Gasteiger partial charge in [0.05, 0.1) is 12.3 Å². The fourth-order valence-electron chi connectivity index (χ4n) is 3.10. The molecule has 4 atom stereocenters. The first-order valence-corrected chi connectivity index (χ1v) is 8.77. The van der Waals surface area contributed by atoms with E-state index in [-0.39, 0.29) is 23.1 Å². The van der Waals surface area contributed by atoms with Crippen LogP contribution >= 0.6 is 0 Å². The first-order valence-electron chi connectivity index (χ1n) is 8.77. The number of aliphatic hydroxyl groups is 3. The van der Waals surface area contributed by atoms with Gasteiger partial charge in [-0.05, 0) is 19.1 Å². The van der Waals surface area contributed by atoms with Crippen LogP contribution in [0.5, 0.6) is 0 Å². The molecule has 12 heteroatoms. The van der Waals surface area contributed by atoms with Crippen LogP contribution in [0.2, 0.25) is 0 Å². The second-order valence-corrected chi connectivity index (χ2v) is 6.67. The highest BCUT2D eigenvalue weighted by Crippen LogP contribution is 2.35. The normalized spacial score (nSPS) is 24.7. The molecular formula is C17H19N7O5. The minimum atomic E-state index is -1.43. The van der Waals surface area contributed by atoms with Gasteiger partial charge in [-0.2, -0.15) is 4.98 Å². The van der Waals surface area contributed by atoms with E-state index >= 15 is 0 Å². The van der Waals surface area contributed by atoms with Crippen molar-refractivity contribution >= 4 is 28.7 Å². The quantitative estimate of drug-likeness (QED) is 0.379. The molecule has 3 heterocycles. The van der Waals surface area contributed by atoms with E-state index in [0.29, 0.717) is 5.69 Å². The fourth-order valence-corrected chi connectivity index (χ4v) is 3.10. The highest BCUT2D eigenvalue weighted by Gasteiger charge is 2.45. The predicted molar refractivity (Wildman–Crippen MR) is 101 cm³/mol. The van der Waals surface area contributed by atoms with Gasteiger partial charge in [0.1, 0.15) is 18.3 Å². The Morgan fingerprint density at radius 1 is 1.21 bits per heavy atom. The Kier molecular flexibility index (Phi) is 4.84. The fraction of sp³-hybridized carbons (Fsp3) is 0.353. The number of fused-ring (bicyclic) bond motifs is 1. The Hall–Kier alpha value is -3.19. The lowest BCUT2D eigenvalue weighted by Crippen LogP contribution is -2.33. The van der Waals surface area contributed by atoms with Gasteiger partial charge in [0.2, 0.25) is 5.95 Å². The first kappa shape index (κ1) is 19.1. The summed E-state index contributed by atoms with van der Waals surface area (Å²) >= 11 is 0. The molecule has 1 saturated heterocycles. The Morgan fingerprint density at radius 3 is 2.59 bits per heavy atom. The van der Waals surface area contributed by atoms with E-state index in [9.17, 15) is 20.1 Å². The number of anilines is 1. The van der Waals surface area contributed by atoms with Crippen LogP contribution in [0.15, 0.2) is 39.3 Å². The van der Waals surface area contributed by atoms with Gasteiger partial charge in [-0.3, -0.25) is 14.3 Å². The second-order valence-electron chi connectivity index (χ2n) is 6.67. The molecule has 0 unspecified atom stereocenters. The van der Waals surface area contributed by atoms with Crippen molar-refractivity contribution in [2.24, 2.45) is 10.2 Å². The number of aromatic nitrogens is 4. The third-order valence-electron chi connectivity index (χ3n) is 4.61. The summed E-state index contributed by atoms with van der Waals surface area (Å²) in [4.78, 5) is 22.8. The number of nitrogens with zero attached hydrogens (tertiary/aromatic N) is 5. The number of hydrogen-bond acceptors (Lipinski definition) is 10. The summed E-state index contributed by atoms with van der Waals surface area (Å²) in [5.74, 6) is -0.253. The predicted octanol–water partition coefficient (Wildman–Crippen LogP) is 0.0371. The van der Waals surface area contributed by atoms with Gasteiger partial charge in [0.25, 0.3) is 11.5 Å². The molecule has 0 spiro atoms. The number of imidazole rings is 1. The van der Waals surface area contributed by atoms with Gasteiger partial charge in [0, 0.05) is 0 Å². The number of rotatable bonds is 4. The third kappa shape index (κ3) is 3.38. The Balaban J connectivity index is 1.85. The van der Waals surface area contributed by atoms with Crippen molar-refractivity contribution in [1.29, 1.82) is 0 Å². The maximum atomic E-state index is 12.2. The van der Waals surface area contributed by atoms with E-state index in [4.69, 9.17) is 10.5 Å². The SMILES string of the molecule is Cc1ccc(N=Nc2nc3c(=O)[nH]c(N)nc3n2[C@@H]2O[C@H](CO)[C@@H](O)[C@H]2O)cc1. The molecule has 0 aliphatic carbocycles. The van der Waals surface area contributed by atoms with Crippen LogP contribution in [0.4, 0.5) is 17.6 Å². The Bertz CT molecular complexity index is 1120. The molecule has 0 radical (unpaired) electrons. The number of hydrogen-bond donors (Lipinski definition) is 5. The number of nitrogens with one attached hydrogen (secondary N) is 1. The number of azo groups is 1. The summed E-state index contributed by atoms with van der Waals surface area (Å²) in [5, 5.41) is 38.1. The van der Waals surface area contributed by atoms with Crippen molar-refractivity contribution in [3.05, 3.63) is 40.2 Å². The molecule has 12 nitrogen and oxygen atoms in total. The van der Waals surface area contributed by atoms with Crippen LogP contribution in [0.3, 0.4) is 0 Å². The second kappa shape index (κ2) is 7.33. The number of aromatic amines is 1. The molecule has 1 aromatic carbocycles. The van der Waals surface area contributed by atoms with E-state index in [1.54, 1.807) is 12.1 Å². The van der Waals surface area contributed by atoms with Crippen molar-refractivity contribution in [2.45, 2.75) is 31.5 Å². The highest BCUT2D eigenvalue weighted by molar-refractivity contribution is 5.74. The largest absolute Gasteiger partial charge is 0.394 e. The number of nitrogens with two attached hydrogens (primary N) is 1. The molecule has 2 aromatic heterocycles. The van der Waals surface area contributed by atoms with Crippen LogP contribution in [0, 0.1) is 6.92 Å². The molecule has 0 bridgehead atoms. The van der Waals surface area contributed by atoms with Gasteiger partial charge < -0.3 is 25.8 Å². The van der Waals surface area contributed by atoms with Crippen LogP contribution in [-0.2, 0) is 4.74 Å². The number of aryl methyl sites for hydroxylation is 1. The maximum Gasteiger partial charge on any atom is 0.280 e. The molecule has 1 aliphatic rings. The van der Waals surface area contributed by atoms with Crippen molar-refractivity contribution < 1.29 is 20.1 Å². The first-order chi connectivity index (χ1) is 13.9. The smallest absolute Gasteiger partial charge is 0.280 e. The van der Waals surface area contributed by atoms with Crippen molar-refractivity contribution in [3.8, 4) is 0 Å². The summed E-state index contributed by atoms with van der Waals surface area (Å²) in [5.41, 5.74) is 6.53. The van der Waals surface area contributed by atoms with E-state index in [2.05, 4.69) is 25.2 Å². The molecule has 1 aliphatic heterocycles. The Morgan fingerprint density at radius 2 is 1.93 bits per heavy atom. The number of ether oxygens (including phenoxy) is 1. The van der Waals surface area contributed by atoms with Gasteiger partial charge >= 0.3 is 0 Å². The van der Waals surface area contributed by atoms with E-state index in [1.807, 2.05) is 19.1 Å². The molecular weight excluding hydrogens is 382 g/mol. The molecule has 1 fully saturated rings. The van der Waals surface area contributed by atoms with Gasteiger partial charge in [-0.25, -0.2) is 4.98 Å². The molecule has 4 rings (SSSR count). The molecule has 6 N–H and O–H groups in total. The third-order valence-corrected chi connectivity index (χ3v) is 4.61. The van der Waals surface area contributed by atoms with E-state index in [0.717, 1.165) is 5.56 Å². The van der Waals surface area contributed by atoms with Crippen LogP contribution in [0.25, 0.3) is 11.2 Å². The number of nitrogen functional groups attached to an aromatic ring is 1. The molecule has 0 saturated carbocycles. The van der Waals surface area contributed by atoms with Crippen molar-refractivity contribution in [3.63, 3.8) is 0 Å². The zero-order valence-corrected chi connectivity index (χ0v) is 15.3. The van der Waals surface area contributed by atoms with Gasteiger partial charge in [-0.15, -0.1) is 10.2 Å². The molecule has 29 heavy (non-hydrogen) atoms. The average Bonchev–Trinajstić information content (AvgIpc) is 3.19. The zero-order valence-electron chi connectivity index (χ0n) is 15.3. The highest BCUT2D eigenvalue weighted by atomic mass is 16.6. The van der Waals surface area contributed by atoms with Crippen LogP contribution < -0.4 is 11.3 Å². The Labute approximate surface area is 163 Å². The lowest BCUT2D eigenvalue weighted by atomic mass is 10.1. The minimum Gasteiger partial charge on any atom is -0.394 e. The van der Waals surface area contributed by atoms with E-state index in [1.165, 1.54) is 4.57 Å². The zero-order chi connectivity index (χ0) is 20.7. The van der Waals surface area contributed by atoms with Crippen molar-refractivity contribution in [2.75, 3.05) is 12.3 Å². The lowest BCUT2D eigenvalue weighted by molar-refractivity contribution is -0.0503. The van der Waals surface area contributed by atoms with Crippen molar-refractivity contribution in [1.82, 2.24) is 19.5 Å². The summed E-state index contributed by atoms with van der Waals surface area (Å²) < 4.78 is 6.78. The van der Waals surface area contributed by atoms with Crippen LogP contribution in [-0.4, -0.2) is 59.8 Å². The standard InChI is InChI=1S/C17H19N7O5/c1-7-2-4-8(5-3-7)22-23-17-19-10-13(20-16(18)21-14(10)28)24(17)15-12(27)11(26)9(6-25)29-15/h2-5,9,11-12,15,25-27H,6H2,1H3,(H3,18,20,21,28)/t9-,11-,12-,15-/m1/s1. The van der Waals surface area contributed by atoms with E-state index < -0.39 is 36.7 Å². The average molecular weight is 401 g/mol. The molecule has 0 amide bonds. The number of aliphatic hydroxyl groups excluding tert-OH is 3. The maximum absolute atomic E-state index is 12.2. The summed E-state index contributed by atoms with van der Waals surface area (Å²) in [6.07, 6.45) is -5.04. The topological polar surface area (TPSA) is 184 Å². The van der Waals surface area contributed by atoms with Gasteiger partial charge in [0.15, 0.2) is 17.4 Å². The minimum absolute atomic E-state index is 0.000976. The summed E-state index contributed by atoms with van der Waals surface area (Å²) in [7, 11) is 0. The molecule has 152 valence electrons. The van der Waals surface area contributed by atoms with Crippen LogP contribution in [0.1, 0.15) is 11.8 Å². The lowest BCUT2D eigenvalue weighted by Gasteiger charge is -2.17. The van der Waals surface area contributed by atoms with Gasteiger partial charge in [-0.1, -0.05) is 17.7 Å². The number of H-pyrrole nitrogens is 1.